The van der Waals surface area contributed by atoms with Crippen molar-refractivity contribution in [3.8, 4) is 0 Å². The number of hydrogen-bond donors (Lipinski definition) is 9. The molecular formula is C14H22N2O16P2. The third-order valence-electron chi connectivity index (χ3n) is 5.09. The number of rotatable bonds is 8. The summed E-state index contributed by atoms with van der Waals surface area (Å²) in [6.45, 7) is -0.844. The molecular weight excluding hydrogens is 514 g/mol. The van der Waals surface area contributed by atoms with Crippen LogP contribution in [0.2, 0.25) is 0 Å². The molecule has 2 saturated heterocycles. The average Bonchev–Trinajstić information content (AvgIpc) is 3.15. The Kier molecular flexibility index (Phi) is 7.98. The van der Waals surface area contributed by atoms with E-state index in [4.69, 9.17) is 23.8 Å². The molecule has 0 amide bonds. The van der Waals surface area contributed by atoms with Crippen molar-refractivity contribution >= 4 is 15.6 Å². The molecule has 2 aliphatic rings. The van der Waals surface area contributed by atoms with Crippen LogP contribution in [-0.4, -0.2) is 105 Å². The SMILES string of the molecule is O=c1ccn([C@@H]2O[C@H](C(OP(=O)(O)OP(=O)(O)O)C3O[C@@H](CO)[C@H](O)[C@H]3O)[C@@H](O)[C@H]2O)c(=O)[nH]1. The molecule has 10 atom stereocenters. The molecule has 3 heterocycles. The molecule has 0 aliphatic carbocycles. The zero-order chi connectivity index (χ0) is 25.6. The number of phosphoric acid groups is 2. The van der Waals surface area contributed by atoms with Crippen molar-refractivity contribution in [1.82, 2.24) is 9.55 Å². The first-order valence-electron chi connectivity index (χ1n) is 9.39. The predicted molar refractivity (Wildman–Crippen MR) is 103 cm³/mol. The van der Waals surface area contributed by atoms with Gasteiger partial charge in [-0.3, -0.25) is 18.9 Å². The molecule has 1 aromatic heterocycles. The second-order valence-electron chi connectivity index (χ2n) is 7.40. The number of ether oxygens (including phenoxy) is 2. The van der Waals surface area contributed by atoms with E-state index in [2.05, 4.69) is 4.31 Å². The van der Waals surface area contributed by atoms with Crippen molar-refractivity contribution in [2.75, 3.05) is 6.61 Å². The lowest BCUT2D eigenvalue weighted by atomic mass is 9.97. The number of nitrogens with one attached hydrogen (secondary N) is 1. The summed E-state index contributed by atoms with van der Waals surface area (Å²) in [6.07, 6.45) is -16.0. The first-order chi connectivity index (χ1) is 15.6. The molecule has 194 valence electrons. The van der Waals surface area contributed by atoms with E-state index in [1.165, 1.54) is 0 Å². The number of aliphatic hydroxyl groups excluding tert-OH is 5. The van der Waals surface area contributed by atoms with E-state index in [1.807, 2.05) is 4.98 Å². The van der Waals surface area contributed by atoms with Crippen LogP contribution in [0.4, 0.5) is 0 Å². The summed E-state index contributed by atoms with van der Waals surface area (Å²) >= 11 is 0. The topological polar surface area (TPSA) is 288 Å². The third-order valence-corrected chi connectivity index (χ3v) is 7.28. The van der Waals surface area contributed by atoms with E-state index in [0.29, 0.717) is 4.57 Å². The molecule has 0 radical (unpaired) electrons. The molecule has 3 unspecified atom stereocenters. The minimum absolute atomic E-state index is 0.647. The highest BCUT2D eigenvalue weighted by Crippen LogP contribution is 2.59. The minimum atomic E-state index is -5.69. The van der Waals surface area contributed by atoms with Gasteiger partial charge in [0.25, 0.3) is 5.56 Å². The lowest BCUT2D eigenvalue weighted by Crippen LogP contribution is -2.50. The standard InChI is InChI=1S/C14H22N2O16P2/c17-3-4-6(19)7(20)10(29-4)12(31-34(27,28)32-33(24,25)26)11-8(21)9(22)13(30-11)16-2-1-5(18)15-14(16)23/h1-2,4,6-13,17,19-22H,3H2,(H,27,28)(H,15,18,23)(H2,24,25,26)/t4-,6-,7+,8-,9+,10?,11-,12?,13+/m0/s1. The highest BCUT2D eigenvalue weighted by Gasteiger charge is 2.57. The minimum Gasteiger partial charge on any atom is -0.394 e. The summed E-state index contributed by atoms with van der Waals surface area (Å²) < 4.78 is 42.9. The number of hydrogen-bond acceptors (Lipinski definition) is 13. The largest absolute Gasteiger partial charge is 0.481 e. The van der Waals surface area contributed by atoms with Crippen LogP contribution in [0.25, 0.3) is 0 Å². The summed E-state index contributed by atoms with van der Waals surface area (Å²) in [6, 6.07) is 0.882. The van der Waals surface area contributed by atoms with Crippen LogP contribution in [0.5, 0.6) is 0 Å². The molecule has 1 aromatic rings. The van der Waals surface area contributed by atoms with Gasteiger partial charge >= 0.3 is 21.3 Å². The van der Waals surface area contributed by atoms with Gasteiger partial charge in [0.15, 0.2) is 6.23 Å². The Labute approximate surface area is 188 Å². The van der Waals surface area contributed by atoms with Crippen molar-refractivity contribution in [2.24, 2.45) is 0 Å². The Bertz CT molecular complexity index is 1090. The lowest BCUT2D eigenvalue weighted by Gasteiger charge is -2.32. The van der Waals surface area contributed by atoms with Gasteiger partial charge in [0.2, 0.25) is 0 Å². The van der Waals surface area contributed by atoms with Crippen LogP contribution >= 0.6 is 15.6 Å². The van der Waals surface area contributed by atoms with Gasteiger partial charge in [-0.1, -0.05) is 0 Å². The Hall–Kier alpha value is -1.34. The molecule has 3 rings (SSSR count). The summed E-state index contributed by atoms with van der Waals surface area (Å²) in [5.41, 5.74) is -1.87. The lowest BCUT2D eigenvalue weighted by molar-refractivity contribution is -0.144. The molecule has 0 saturated carbocycles. The summed E-state index contributed by atoms with van der Waals surface area (Å²) in [5.74, 6) is 0. The Morgan fingerprint density at radius 2 is 1.59 bits per heavy atom. The molecule has 2 fully saturated rings. The quantitative estimate of drug-likeness (QED) is 0.141. The van der Waals surface area contributed by atoms with Gasteiger partial charge in [-0.05, 0) is 0 Å². The van der Waals surface area contributed by atoms with Crippen LogP contribution < -0.4 is 11.2 Å². The summed E-state index contributed by atoms with van der Waals surface area (Å²) in [4.78, 5) is 52.7. The highest BCUT2D eigenvalue weighted by atomic mass is 31.3. The molecule has 0 aromatic carbocycles. The Morgan fingerprint density at radius 3 is 2.12 bits per heavy atom. The van der Waals surface area contributed by atoms with Gasteiger partial charge in [-0.25, -0.2) is 13.9 Å². The number of nitrogens with zero attached hydrogens (tertiary/aromatic N) is 1. The first-order valence-corrected chi connectivity index (χ1v) is 12.4. The highest BCUT2D eigenvalue weighted by molar-refractivity contribution is 7.60. The van der Waals surface area contributed by atoms with Crippen LogP contribution in [0.3, 0.4) is 0 Å². The summed E-state index contributed by atoms with van der Waals surface area (Å²) in [7, 11) is -11.3. The first kappa shape index (κ1) is 27.3. The number of aliphatic hydroxyl groups is 5. The van der Waals surface area contributed by atoms with Crippen molar-refractivity contribution in [2.45, 2.75) is 55.1 Å². The Morgan fingerprint density at radius 1 is 1.00 bits per heavy atom. The van der Waals surface area contributed by atoms with Crippen LogP contribution in [0, 0.1) is 0 Å². The van der Waals surface area contributed by atoms with Gasteiger partial charge in [-0.2, -0.15) is 4.31 Å². The molecule has 9 N–H and O–H groups in total. The monoisotopic (exact) mass is 536 g/mol. The van der Waals surface area contributed by atoms with E-state index in [-0.39, 0.29) is 0 Å². The van der Waals surface area contributed by atoms with Crippen molar-refractivity contribution in [3.63, 3.8) is 0 Å². The van der Waals surface area contributed by atoms with E-state index < -0.39 is 88.6 Å². The van der Waals surface area contributed by atoms with Crippen molar-refractivity contribution in [1.29, 1.82) is 0 Å². The van der Waals surface area contributed by atoms with Gasteiger partial charge in [-0.15, -0.1) is 0 Å². The van der Waals surface area contributed by atoms with Gasteiger partial charge in [0.1, 0.15) is 48.8 Å². The number of phosphoric ester groups is 1. The second kappa shape index (κ2) is 9.96. The van der Waals surface area contributed by atoms with E-state index in [9.17, 15) is 49.1 Å². The molecule has 2 aliphatic heterocycles. The zero-order valence-electron chi connectivity index (χ0n) is 16.7. The maximum Gasteiger partial charge on any atom is 0.481 e. The van der Waals surface area contributed by atoms with E-state index in [1.54, 1.807) is 0 Å². The fraction of sp³-hybridized carbons (Fsp3) is 0.714. The number of aromatic nitrogens is 2. The number of H-pyrrole nitrogens is 1. The maximum absolute atomic E-state index is 12.2. The second-order valence-corrected chi connectivity index (χ2v) is 10.2. The smallest absolute Gasteiger partial charge is 0.394 e. The fourth-order valence-corrected chi connectivity index (χ4v) is 5.41. The van der Waals surface area contributed by atoms with Crippen LogP contribution in [0.15, 0.2) is 21.9 Å². The van der Waals surface area contributed by atoms with E-state index in [0.717, 1.165) is 12.3 Å². The van der Waals surface area contributed by atoms with Gasteiger partial charge < -0.3 is 49.7 Å². The molecule has 0 bridgehead atoms. The van der Waals surface area contributed by atoms with Crippen LogP contribution in [0.1, 0.15) is 6.23 Å². The number of aromatic amines is 1. The molecule has 34 heavy (non-hydrogen) atoms. The zero-order valence-corrected chi connectivity index (χ0v) is 18.5. The van der Waals surface area contributed by atoms with E-state index >= 15 is 0 Å². The van der Waals surface area contributed by atoms with Crippen molar-refractivity contribution < 1.29 is 67.7 Å². The van der Waals surface area contributed by atoms with Crippen LogP contribution in [-0.2, 0) is 27.4 Å². The predicted octanol–water partition coefficient (Wildman–Crippen LogP) is -4.77. The normalized spacial score (nSPS) is 36.9. The van der Waals surface area contributed by atoms with Gasteiger partial charge in [0.05, 0.1) is 6.61 Å². The average molecular weight is 536 g/mol. The fourth-order valence-electron chi connectivity index (χ4n) is 3.63. The van der Waals surface area contributed by atoms with Crippen molar-refractivity contribution in [3.05, 3.63) is 33.1 Å². The summed E-state index contributed by atoms with van der Waals surface area (Å²) in [5, 5.41) is 50.5. The molecule has 18 nitrogen and oxygen atoms in total. The Balaban J connectivity index is 1.98. The third kappa shape index (κ3) is 5.72. The maximum atomic E-state index is 12.2. The van der Waals surface area contributed by atoms with Gasteiger partial charge in [0, 0.05) is 12.3 Å². The molecule has 20 heteroatoms. The molecule has 0 spiro atoms.